The molecule has 1 amide bonds. The van der Waals surface area contributed by atoms with Gasteiger partial charge in [0.15, 0.2) is 5.16 Å². The fraction of sp³-hybridized carbons (Fsp3) is 0.269. The molecule has 5 nitrogen and oxygen atoms in total. The molecule has 0 saturated carbocycles. The SMILES string of the molecule is C[C@@H](Sc1nnc(Cc2cccs2)n1CCc1ccccc1)C(=O)N[C@H](C)c1ccccc1. The quantitative estimate of drug-likeness (QED) is 0.306. The largest absolute Gasteiger partial charge is 0.349 e. The third-order valence-electron chi connectivity index (χ3n) is 5.48. The highest BCUT2D eigenvalue weighted by molar-refractivity contribution is 8.00. The Bertz CT molecular complexity index is 1140. The Kier molecular flexibility index (Phi) is 7.96. The van der Waals surface area contributed by atoms with Gasteiger partial charge < -0.3 is 9.88 Å². The molecule has 0 unspecified atom stereocenters. The standard InChI is InChI=1S/C26H28N4OS2/c1-19(22-12-7-4-8-13-22)27-25(31)20(2)33-26-29-28-24(18-23-14-9-17-32-23)30(26)16-15-21-10-5-3-6-11-21/h3-14,17,19-20H,15-16,18H2,1-2H3,(H,27,31)/t19-,20-/m1/s1. The minimum Gasteiger partial charge on any atom is -0.349 e. The second kappa shape index (κ2) is 11.3. The molecule has 0 spiro atoms. The van der Waals surface area contributed by atoms with Gasteiger partial charge in [0, 0.05) is 17.8 Å². The molecule has 170 valence electrons. The summed E-state index contributed by atoms with van der Waals surface area (Å²) in [6.07, 6.45) is 1.63. The third-order valence-corrected chi connectivity index (χ3v) is 7.44. The van der Waals surface area contributed by atoms with Crippen molar-refractivity contribution in [1.82, 2.24) is 20.1 Å². The molecule has 2 atom stereocenters. The van der Waals surface area contributed by atoms with Crippen molar-refractivity contribution in [2.24, 2.45) is 0 Å². The van der Waals surface area contributed by atoms with E-state index >= 15 is 0 Å². The Morgan fingerprint density at radius 2 is 1.73 bits per heavy atom. The average molecular weight is 477 g/mol. The highest BCUT2D eigenvalue weighted by Gasteiger charge is 2.22. The van der Waals surface area contributed by atoms with Gasteiger partial charge in [0.25, 0.3) is 0 Å². The molecule has 0 radical (unpaired) electrons. The molecule has 0 aliphatic heterocycles. The van der Waals surface area contributed by atoms with Gasteiger partial charge in [0.05, 0.1) is 11.3 Å². The van der Waals surface area contributed by atoms with Gasteiger partial charge in [-0.3, -0.25) is 4.79 Å². The monoisotopic (exact) mass is 476 g/mol. The summed E-state index contributed by atoms with van der Waals surface area (Å²) in [6.45, 7) is 4.70. The van der Waals surface area contributed by atoms with Crippen molar-refractivity contribution in [3.05, 3.63) is 100 Å². The molecule has 0 bridgehead atoms. The van der Waals surface area contributed by atoms with Gasteiger partial charge in [-0.25, -0.2) is 0 Å². The number of carbonyl (C=O) groups is 1. The number of nitrogens with one attached hydrogen (secondary N) is 1. The highest BCUT2D eigenvalue weighted by Crippen LogP contribution is 2.25. The van der Waals surface area contributed by atoms with E-state index in [4.69, 9.17) is 0 Å². The van der Waals surface area contributed by atoms with Gasteiger partial charge in [-0.15, -0.1) is 21.5 Å². The van der Waals surface area contributed by atoms with Gasteiger partial charge in [-0.2, -0.15) is 0 Å². The van der Waals surface area contributed by atoms with Crippen molar-refractivity contribution in [2.75, 3.05) is 0 Å². The lowest BCUT2D eigenvalue weighted by Gasteiger charge is -2.18. The molecule has 4 aromatic rings. The number of aromatic nitrogens is 3. The first kappa shape index (κ1) is 23.3. The number of rotatable bonds is 10. The molecule has 0 aliphatic carbocycles. The first-order valence-corrected chi connectivity index (χ1v) is 12.9. The Balaban J connectivity index is 1.47. The number of carbonyl (C=O) groups excluding carboxylic acids is 1. The second-order valence-electron chi connectivity index (χ2n) is 7.94. The predicted molar refractivity (Wildman–Crippen MR) is 136 cm³/mol. The number of hydrogen-bond acceptors (Lipinski definition) is 5. The fourth-order valence-corrected chi connectivity index (χ4v) is 5.19. The third kappa shape index (κ3) is 6.33. The van der Waals surface area contributed by atoms with E-state index in [0.29, 0.717) is 0 Å². The average Bonchev–Trinajstić information content (AvgIpc) is 3.49. The molecule has 7 heteroatoms. The molecule has 4 rings (SSSR count). The number of benzene rings is 2. The van der Waals surface area contributed by atoms with Crippen LogP contribution in [-0.2, 0) is 24.2 Å². The van der Waals surface area contributed by atoms with E-state index in [1.807, 2.05) is 50.2 Å². The number of nitrogens with zero attached hydrogens (tertiary/aromatic N) is 3. The lowest BCUT2D eigenvalue weighted by Crippen LogP contribution is -2.33. The maximum absolute atomic E-state index is 12.9. The Labute approximate surface area is 203 Å². The Morgan fingerprint density at radius 1 is 1.00 bits per heavy atom. The summed E-state index contributed by atoms with van der Waals surface area (Å²) in [7, 11) is 0. The van der Waals surface area contributed by atoms with Crippen LogP contribution in [0.4, 0.5) is 0 Å². The van der Waals surface area contributed by atoms with Crippen molar-refractivity contribution in [1.29, 1.82) is 0 Å². The fourth-order valence-electron chi connectivity index (χ4n) is 3.58. The zero-order chi connectivity index (χ0) is 23.0. The predicted octanol–water partition coefficient (Wildman–Crippen LogP) is 5.53. The smallest absolute Gasteiger partial charge is 0.233 e. The van der Waals surface area contributed by atoms with Crippen LogP contribution in [0.3, 0.4) is 0 Å². The highest BCUT2D eigenvalue weighted by atomic mass is 32.2. The van der Waals surface area contributed by atoms with Gasteiger partial charge in [0.1, 0.15) is 5.82 Å². The van der Waals surface area contributed by atoms with Gasteiger partial charge in [-0.05, 0) is 42.8 Å². The van der Waals surface area contributed by atoms with E-state index in [1.165, 1.54) is 22.2 Å². The van der Waals surface area contributed by atoms with Crippen molar-refractivity contribution < 1.29 is 4.79 Å². The summed E-state index contributed by atoms with van der Waals surface area (Å²) >= 11 is 3.19. The van der Waals surface area contributed by atoms with Crippen LogP contribution in [0.1, 0.15) is 41.7 Å². The second-order valence-corrected chi connectivity index (χ2v) is 10.3. The zero-order valence-electron chi connectivity index (χ0n) is 18.8. The van der Waals surface area contributed by atoms with E-state index in [2.05, 4.69) is 61.9 Å². The van der Waals surface area contributed by atoms with Gasteiger partial charge in [-0.1, -0.05) is 78.5 Å². The summed E-state index contributed by atoms with van der Waals surface area (Å²) in [5, 5.41) is 14.7. The topological polar surface area (TPSA) is 59.8 Å². The lowest BCUT2D eigenvalue weighted by atomic mass is 10.1. The molecular formula is C26H28N4OS2. The summed E-state index contributed by atoms with van der Waals surface area (Å²) in [5.74, 6) is 0.926. The van der Waals surface area contributed by atoms with Crippen molar-refractivity contribution >= 4 is 29.0 Å². The van der Waals surface area contributed by atoms with E-state index in [9.17, 15) is 4.79 Å². The van der Waals surface area contributed by atoms with E-state index < -0.39 is 0 Å². The Hall–Kier alpha value is -2.90. The van der Waals surface area contributed by atoms with Crippen LogP contribution in [-0.4, -0.2) is 25.9 Å². The van der Waals surface area contributed by atoms with Crippen LogP contribution in [0.25, 0.3) is 0 Å². The molecule has 0 saturated heterocycles. The van der Waals surface area contributed by atoms with Crippen LogP contribution in [0.2, 0.25) is 0 Å². The van der Waals surface area contributed by atoms with Crippen molar-refractivity contribution in [2.45, 2.75) is 49.7 Å². The van der Waals surface area contributed by atoms with E-state index in [1.54, 1.807) is 11.3 Å². The summed E-state index contributed by atoms with van der Waals surface area (Å²) in [5.41, 5.74) is 2.36. The maximum Gasteiger partial charge on any atom is 0.233 e. The number of thioether (sulfide) groups is 1. The first-order valence-electron chi connectivity index (χ1n) is 11.1. The molecule has 0 aliphatic rings. The summed E-state index contributed by atoms with van der Waals surface area (Å²) in [4.78, 5) is 14.1. The zero-order valence-corrected chi connectivity index (χ0v) is 20.5. The van der Waals surface area contributed by atoms with Gasteiger partial charge >= 0.3 is 0 Å². The lowest BCUT2D eigenvalue weighted by molar-refractivity contribution is -0.120. The van der Waals surface area contributed by atoms with Crippen molar-refractivity contribution in [3.63, 3.8) is 0 Å². The normalized spacial score (nSPS) is 12.9. The number of thiophene rings is 1. The molecule has 1 N–H and O–H groups in total. The first-order chi connectivity index (χ1) is 16.1. The molecular weight excluding hydrogens is 448 g/mol. The van der Waals surface area contributed by atoms with E-state index in [-0.39, 0.29) is 17.2 Å². The molecule has 2 aromatic carbocycles. The minimum absolute atomic E-state index is 0.00577. The molecule has 33 heavy (non-hydrogen) atoms. The molecule has 0 fully saturated rings. The van der Waals surface area contributed by atoms with E-state index in [0.717, 1.165) is 35.9 Å². The maximum atomic E-state index is 12.9. The summed E-state index contributed by atoms with van der Waals surface area (Å²) < 4.78 is 2.17. The number of hydrogen-bond donors (Lipinski definition) is 1. The minimum atomic E-state index is -0.287. The molecule has 2 aromatic heterocycles. The molecule has 2 heterocycles. The van der Waals surface area contributed by atoms with Crippen LogP contribution in [0, 0.1) is 0 Å². The van der Waals surface area contributed by atoms with Crippen LogP contribution in [0.15, 0.2) is 83.3 Å². The van der Waals surface area contributed by atoms with Crippen LogP contribution >= 0.6 is 23.1 Å². The van der Waals surface area contributed by atoms with Crippen LogP contribution < -0.4 is 5.32 Å². The van der Waals surface area contributed by atoms with Crippen LogP contribution in [0.5, 0.6) is 0 Å². The Morgan fingerprint density at radius 3 is 2.42 bits per heavy atom. The van der Waals surface area contributed by atoms with Crippen molar-refractivity contribution in [3.8, 4) is 0 Å². The summed E-state index contributed by atoms with van der Waals surface area (Å²) in [6, 6.07) is 24.6. The number of aryl methyl sites for hydroxylation is 1. The van der Waals surface area contributed by atoms with Gasteiger partial charge in [0.2, 0.25) is 5.91 Å². The number of amides is 1.